The summed E-state index contributed by atoms with van der Waals surface area (Å²) in [4.78, 5) is 21.7. The highest BCUT2D eigenvalue weighted by molar-refractivity contribution is 6.05. The van der Waals surface area contributed by atoms with E-state index in [1.165, 1.54) is 5.56 Å². The molecule has 1 aliphatic heterocycles. The summed E-state index contributed by atoms with van der Waals surface area (Å²) in [5, 5.41) is 0. The van der Waals surface area contributed by atoms with E-state index in [0.717, 1.165) is 30.8 Å². The van der Waals surface area contributed by atoms with Crippen LogP contribution in [0.2, 0.25) is 0 Å². The number of likely N-dealkylation sites (N-methyl/N-ethyl adjacent to an activating group) is 1. The fraction of sp³-hybridized carbons (Fsp3) is 0.474. The van der Waals surface area contributed by atoms with Crippen LogP contribution in [0.15, 0.2) is 28.7 Å². The third-order valence-electron chi connectivity index (χ3n) is 5.04. The van der Waals surface area contributed by atoms with E-state index in [1.807, 2.05) is 30.0 Å². The number of aryl methyl sites for hydroxylation is 1. The monoisotopic (exact) mass is 325 g/mol. The van der Waals surface area contributed by atoms with Gasteiger partial charge in [0.15, 0.2) is 5.89 Å². The summed E-state index contributed by atoms with van der Waals surface area (Å²) in [6, 6.07) is 8.44. The molecule has 1 atom stereocenters. The fourth-order valence-corrected chi connectivity index (χ4v) is 3.36. The summed E-state index contributed by atoms with van der Waals surface area (Å²) in [6.07, 6.45) is 3.18. The highest BCUT2D eigenvalue weighted by Crippen LogP contribution is 2.40. The van der Waals surface area contributed by atoms with E-state index in [9.17, 15) is 4.79 Å². The summed E-state index contributed by atoms with van der Waals surface area (Å²) in [5.74, 6) is 1.45. The number of aromatic nitrogens is 1. The average Bonchev–Trinajstić information content (AvgIpc) is 3.35. The predicted octanol–water partition coefficient (Wildman–Crippen LogP) is 2.99. The Kier molecular flexibility index (Phi) is 3.68. The molecule has 1 aromatic heterocycles. The molecule has 2 heterocycles. The van der Waals surface area contributed by atoms with E-state index in [0.29, 0.717) is 30.0 Å². The number of hydrogen-bond acceptors (Lipinski definition) is 4. The lowest BCUT2D eigenvalue weighted by Crippen LogP contribution is -2.48. The molecule has 1 aromatic carbocycles. The molecule has 2 aromatic rings. The zero-order valence-electron chi connectivity index (χ0n) is 14.5. The lowest BCUT2D eigenvalue weighted by molar-refractivity contribution is 0.0946. The molecular formula is C19H23N3O2. The van der Waals surface area contributed by atoms with Crippen LogP contribution in [0.3, 0.4) is 0 Å². The van der Waals surface area contributed by atoms with Gasteiger partial charge in [0.25, 0.3) is 5.91 Å². The van der Waals surface area contributed by atoms with E-state index in [4.69, 9.17) is 4.42 Å². The standard InChI is InChI=1S/C19H23N3O2/c1-12-17(24-18(20-12)13-8-9-13)19(23)22-11-15(21(2)3)10-14-6-4-5-7-16(14)22/h4-7,13,15H,8-11H2,1-3H3. The van der Waals surface area contributed by atoms with Gasteiger partial charge in [0.2, 0.25) is 5.76 Å². The van der Waals surface area contributed by atoms with Gasteiger partial charge in [-0.2, -0.15) is 0 Å². The van der Waals surface area contributed by atoms with Gasteiger partial charge in [-0.1, -0.05) is 18.2 Å². The summed E-state index contributed by atoms with van der Waals surface area (Å²) in [6.45, 7) is 2.53. The first-order valence-electron chi connectivity index (χ1n) is 8.58. The molecule has 2 aliphatic rings. The predicted molar refractivity (Wildman–Crippen MR) is 92.5 cm³/mol. The summed E-state index contributed by atoms with van der Waals surface area (Å²) >= 11 is 0. The lowest BCUT2D eigenvalue weighted by Gasteiger charge is -2.37. The van der Waals surface area contributed by atoms with Gasteiger partial charge in [-0.05, 0) is 51.9 Å². The van der Waals surface area contributed by atoms with E-state index >= 15 is 0 Å². The number of oxazole rings is 1. The largest absolute Gasteiger partial charge is 0.435 e. The SMILES string of the molecule is Cc1nc(C2CC2)oc1C(=O)N1CC(N(C)C)Cc2ccccc21. The first-order chi connectivity index (χ1) is 11.5. The van der Waals surface area contributed by atoms with Crippen LogP contribution in [0.25, 0.3) is 0 Å². The number of amides is 1. The number of carbonyl (C=O) groups excluding carboxylic acids is 1. The number of fused-ring (bicyclic) bond motifs is 1. The highest BCUT2D eigenvalue weighted by atomic mass is 16.4. The molecule has 1 saturated carbocycles. The van der Waals surface area contributed by atoms with Crippen LogP contribution < -0.4 is 4.90 Å². The molecular weight excluding hydrogens is 302 g/mol. The molecule has 0 saturated heterocycles. The first kappa shape index (κ1) is 15.4. The second kappa shape index (κ2) is 5.74. The minimum atomic E-state index is -0.0779. The number of hydrogen-bond donors (Lipinski definition) is 0. The van der Waals surface area contributed by atoms with Gasteiger partial charge in [0.1, 0.15) is 0 Å². The van der Waals surface area contributed by atoms with Crippen molar-refractivity contribution in [1.82, 2.24) is 9.88 Å². The van der Waals surface area contributed by atoms with Crippen LogP contribution in [0.1, 0.15) is 46.5 Å². The van der Waals surface area contributed by atoms with E-state index in [2.05, 4.69) is 30.0 Å². The zero-order valence-corrected chi connectivity index (χ0v) is 14.5. The van der Waals surface area contributed by atoms with Crippen molar-refractivity contribution in [2.45, 2.75) is 38.1 Å². The maximum absolute atomic E-state index is 13.2. The van der Waals surface area contributed by atoms with Crippen molar-refractivity contribution in [1.29, 1.82) is 0 Å². The first-order valence-corrected chi connectivity index (χ1v) is 8.58. The van der Waals surface area contributed by atoms with Gasteiger partial charge in [-0.3, -0.25) is 4.79 Å². The van der Waals surface area contributed by atoms with Crippen molar-refractivity contribution in [2.75, 3.05) is 25.5 Å². The van der Waals surface area contributed by atoms with Crippen molar-refractivity contribution in [3.05, 3.63) is 47.2 Å². The Labute approximate surface area is 142 Å². The van der Waals surface area contributed by atoms with Gasteiger partial charge in [-0.15, -0.1) is 0 Å². The number of rotatable bonds is 3. The second-order valence-electron chi connectivity index (χ2n) is 7.11. The van der Waals surface area contributed by atoms with Gasteiger partial charge in [0, 0.05) is 24.2 Å². The minimum absolute atomic E-state index is 0.0779. The molecule has 0 N–H and O–H groups in total. The lowest BCUT2D eigenvalue weighted by atomic mass is 9.97. The molecule has 1 aliphatic carbocycles. The third-order valence-corrected chi connectivity index (χ3v) is 5.04. The molecule has 0 radical (unpaired) electrons. The van der Waals surface area contributed by atoms with E-state index in [-0.39, 0.29) is 5.91 Å². The Morgan fingerprint density at radius 1 is 1.29 bits per heavy atom. The van der Waals surface area contributed by atoms with Gasteiger partial charge >= 0.3 is 0 Å². The van der Waals surface area contributed by atoms with Crippen LogP contribution in [-0.4, -0.2) is 42.5 Å². The number of nitrogens with zero attached hydrogens (tertiary/aromatic N) is 3. The summed E-state index contributed by atoms with van der Waals surface area (Å²) in [5.41, 5.74) is 2.89. The molecule has 4 rings (SSSR count). The van der Waals surface area contributed by atoms with E-state index < -0.39 is 0 Å². The molecule has 1 amide bonds. The molecule has 1 fully saturated rings. The topological polar surface area (TPSA) is 49.6 Å². The van der Waals surface area contributed by atoms with Crippen LogP contribution >= 0.6 is 0 Å². The van der Waals surface area contributed by atoms with Crippen molar-refractivity contribution in [3.63, 3.8) is 0 Å². The Hall–Kier alpha value is -2.14. The average molecular weight is 325 g/mol. The Balaban J connectivity index is 1.70. The van der Waals surface area contributed by atoms with Crippen LogP contribution in [-0.2, 0) is 6.42 Å². The molecule has 5 heteroatoms. The van der Waals surface area contributed by atoms with Crippen molar-refractivity contribution < 1.29 is 9.21 Å². The summed E-state index contributed by atoms with van der Waals surface area (Å²) in [7, 11) is 4.12. The Morgan fingerprint density at radius 3 is 2.75 bits per heavy atom. The van der Waals surface area contributed by atoms with E-state index in [1.54, 1.807) is 0 Å². The van der Waals surface area contributed by atoms with Crippen molar-refractivity contribution in [2.24, 2.45) is 0 Å². The molecule has 126 valence electrons. The number of para-hydroxylation sites is 1. The molecule has 24 heavy (non-hydrogen) atoms. The third kappa shape index (κ3) is 2.63. The molecule has 1 unspecified atom stereocenters. The Bertz CT molecular complexity index is 777. The summed E-state index contributed by atoms with van der Waals surface area (Å²) < 4.78 is 5.85. The number of benzene rings is 1. The Morgan fingerprint density at radius 2 is 2.04 bits per heavy atom. The maximum Gasteiger partial charge on any atom is 0.296 e. The maximum atomic E-state index is 13.2. The molecule has 5 nitrogen and oxygen atoms in total. The number of carbonyl (C=O) groups is 1. The minimum Gasteiger partial charge on any atom is -0.435 e. The molecule has 0 bridgehead atoms. The van der Waals surface area contributed by atoms with Crippen LogP contribution in [0.5, 0.6) is 0 Å². The van der Waals surface area contributed by atoms with Crippen LogP contribution in [0, 0.1) is 6.92 Å². The van der Waals surface area contributed by atoms with Crippen LogP contribution in [0.4, 0.5) is 5.69 Å². The van der Waals surface area contributed by atoms with Crippen molar-refractivity contribution >= 4 is 11.6 Å². The fourth-order valence-electron chi connectivity index (χ4n) is 3.36. The highest BCUT2D eigenvalue weighted by Gasteiger charge is 2.35. The normalized spacial score (nSPS) is 20.3. The quantitative estimate of drug-likeness (QED) is 0.870. The smallest absolute Gasteiger partial charge is 0.296 e. The van der Waals surface area contributed by atoms with Gasteiger partial charge in [0.05, 0.1) is 5.69 Å². The zero-order chi connectivity index (χ0) is 16.8. The molecule has 0 spiro atoms. The van der Waals surface area contributed by atoms with Gasteiger partial charge < -0.3 is 14.2 Å². The van der Waals surface area contributed by atoms with Crippen molar-refractivity contribution in [3.8, 4) is 0 Å². The van der Waals surface area contributed by atoms with Gasteiger partial charge in [-0.25, -0.2) is 4.98 Å². The second-order valence-corrected chi connectivity index (χ2v) is 7.11. The number of anilines is 1.